The molecule has 0 amide bonds. The van der Waals surface area contributed by atoms with Crippen molar-refractivity contribution in [3.05, 3.63) is 0 Å². The van der Waals surface area contributed by atoms with Crippen molar-refractivity contribution in [3.8, 4) is 12.3 Å². The number of rotatable bonds is 18. The molecule has 3 nitrogen and oxygen atoms in total. The van der Waals surface area contributed by atoms with Crippen LogP contribution in [0.25, 0.3) is 0 Å². The third kappa shape index (κ3) is 13.5. The van der Waals surface area contributed by atoms with Crippen LogP contribution in [0.2, 0.25) is 0 Å². The van der Waals surface area contributed by atoms with E-state index in [4.69, 9.17) is 6.42 Å². The van der Waals surface area contributed by atoms with Gasteiger partial charge >= 0.3 is 0 Å². The first kappa shape index (κ1) is 31.8. The maximum Gasteiger partial charge on any atom is 0.0879 e. The number of hydrogen-bond donors (Lipinski definition) is 2. The monoisotopic (exact) mass is 467 g/mol. The van der Waals surface area contributed by atoms with Gasteiger partial charge in [0.05, 0.1) is 12.2 Å². The van der Waals surface area contributed by atoms with Gasteiger partial charge in [0, 0.05) is 12.6 Å². The molecule has 0 aromatic rings. The summed E-state index contributed by atoms with van der Waals surface area (Å²) in [7, 11) is 2.25. The lowest BCUT2D eigenvalue weighted by molar-refractivity contribution is 0.202. The number of hydrogen-bond acceptors (Lipinski definition) is 4. The molecule has 1 heterocycles. The smallest absolute Gasteiger partial charge is 0.0879 e. The van der Waals surface area contributed by atoms with E-state index in [1.807, 2.05) is 13.8 Å². The molecule has 0 spiro atoms. The molecule has 0 aromatic carbocycles. The zero-order chi connectivity index (χ0) is 24.2. The zero-order valence-electron chi connectivity index (χ0n) is 22.5. The van der Waals surface area contributed by atoms with E-state index in [0.717, 1.165) is 18.2 Å². The van der Waals surface area contributed by atoms with Crippen LogP contribution in [-0.2, 0) is 0 Å². The van der Waals surface area contributed by atoms with E-state index in [2.05, 4.69) is 61.5 Å². The molecule has 1 rings (SSSR count). The normalized spacial score (nSPS) is 21.1. The van der Waals surface area contributed by atoms with E-state index < -0.39 is 0 Å². The lowest BCUT2D eigenvalue weighted by Gasteiger charge is -2.27. The van der Waals surface area contributed by atoms with Crippen molar-refractivity contribution in [2.75, 3.05) is 32.4 Å². The van der Waals surface area contributed by atoms with Crippen LogP contribution in [0, 0.1) is 18.3 Å². The van der Waals surface area contributed by atoms with Crippen LogP contribution in [0.4, 0.5) is 0 Å². The molecule has 3 unspecified atom stereocenters. The molecule has 1 aliphatic heterocycles. The molecule has 0 aromatic heterocycles. The Morgan fingerprint density at radius 1 is 0.969 bits per heavy atom. The molecular formula is C28H57N3S. The molecule has 0 radical (unpaired) electrons. The van der Waals surface area contributed by atoms with Gasteiger partial charge in [0.25, 0.3) is 0 Å². The van der Waals surface area contributed by atoms with Crippen molar-refractivity contribution >= 4 is 12.6 Å². The summed E-state index contributed by atoms with van der Waals surface area (Å²) in [6.45, 7) is 14.5. The summed E-state index contributed by atoms with van der Waals surface area (Å²) >= 11 is 4.29. The number of nitrogens with zero attached hydrogens (tertiary/aromatic N) is 2. The quantitative estimate of drug-likeness (QED) is 0.131. The highest BCUT2D eigenvalue weighted by Crippen LogP contribution is 2.25. The maximum absolute atomic E-state index is 5.99. The fourth-order valence-corrected chi connectivity index (χ4v) is 5.26. The van der Waals surface area contributed by atoms with Crippen LogP contribution >= 0.6 is 12.6 Å². The molecule has 1 saturated heterocycles. The Balaban J connectivity index is 0.00000466. The van der Waals surface area contributed by atoms with Gasteiger partial charge in [0.2, 0.25) is 0 Å². The van der Waals surface area contributed by atoms with Crippen LogP contribution in [0.1, 0.15) is 112 Å². The van der Waals surface area contributed by atoms with Gasteiger partial charge in [-0.3, -0.25) is 10.2 Å². The SMILES string of the molecule is C#CC1C(CCCCCCN(C)CCCCS)NC(C)N1CCC(CCC)CCC.CC. The Morgan fingerprint density at radius 3 is 2.12 bits per heavy atom. The topological polar surface area (TPSA) is 18.5 Å². The van der Waals surface area contributed by atoms with Crippen molar-refractivity contribution < 1.29 is 0 Å². The highest BCUT2D eigenvalue weighted by Gasteiger charge is 2.36. The third-order valence-electron chi connectivity index (χ3n) is 6.80. The van der Waals surface area contributed by atoms with Crippen LogP contribution in [-0.4, -0.2) is 60.5 Å². The Bertz CT molecular complexity index is 444. The summed E-state index contributed by atoms with van der Waals surface area (Å²) in [6.07, 6.45) is 22.0. The first-order valence-corrected chi connectivity index (χ1v) is 14.5. The zero-order valence-corrected chi connectivity index (χ0v) is 23.4. The van der Waals surface area contributed by atoms with Gasteiger partial charge < -0.3 is 4.90 Å². The molecule has 0 saturated carbocycles. The predicted molar refractivity (Wildman–Crippen MR) is 149 cm³/mol. The van der Waals surface area contributed by atoms with Gasteiger partial charge in [-0.2, -0.15) is 12.6 Å². The second kappa shape index (κ2) is 21.3. The first-order chi connectivity index (χ1) is 15.6. The fourth-order valence-electron chi connectivity index (χ4n) is 5.04. The third-order valence-corrected chi connectivity index (χ3v) is 7.12. The minimum atomic E-state index is 0.266. The minimum absolute atomic E-state index is 0.266. The van der Waals surface area contributed by atoms with Crippen molar-refractivity contribution in [3.63, 3.8) is 0 Å². The number of terminal acetylenes is 1. The summed E-state index contributed by atoms with van der Waals surface area (Å²) in [5.41, 5.74) is 0. The van der Waals surface area contributed by atoms with Crippen LogP contribution < -0.4 is 5.32 Å². The van der Waals surface area contributed by atoms with Gasteiger partial charge in [-0.15, -0.1) is 6.42 Å². The summed E-state index contributed by atoms with van der Waals surface area (Å²) in [5, 5.41) is 3.80. The van der Waals surface area contributed by atoms with Crippen molar-refractivity contribution in [1.29, 1.82) is 0 Å². The van der Waals surface area contributed by atoms with E-state index in [1.54, 1.807) is 0 Å². The molecule has 32 heavy (non-hydrogen) atoms. The molecule has 0 bridgehead atoms. The van der Waals surface area contributed by atoms with Gasteiger partial charge in [0.15, 0.2) is 0 Å². The van der Waals surface area contributed by atoms with Crippen LogP contribution in [0.15, 0.2) is 0 Å². The van der Waals surface area contributed by atoms with Gasteiger partial charge in [-0.05, 0) is 70.8 Å². The average Bonchev–Trinajstić information content (AvgIpc) is 3.10. The molecule has 190 valence electrons. The van der Waals surface area contributed by atoms with Crippen molar-refractivity contribution in [1.82, 2.24) is 15.1 Å². The fraction of sp³-hybridized carbons (Fsp3) is 0.929. The van der Waals surface area contributed by atoms with Crippen molar-refractivity contribution in [2.24, 2.45) is 5.92 Å². The lowest BCUT2D eigenvalue weighted by atomic mass is 9.94. The number of unbranched alkanes of at least 4 members (excludes halogenated alkanes) is 4. The lowest BCUT2D eigenvalue weighted by Crippen LogP contribution is -2.38. The summed E-state index contributed by atoms with van der Waals surface area (Å²) < 4.78 is 0. The van der Waals surface area contributed by atoms with E-state index in [-0.39, 0.29) is 6.04 Å². The van der Waals surface area contributed by atoms with Crippen LogP contribution in [0.5, 0.6) is 0 Å². The average molecular weight is 468 g/mol. The minimum Gasteiger partial charge on any atom is -0.306 e. The molecule has 4 heteroatoms. The van der Waals surface area contributed by atoms with E-state index in [1.165, 1.54) is 90.1 Å². The Hall–Kier alpha value is -0.210. The second-order valence-electron chi connectivity index (χ2n) is 9.47. The number of thiol groups is 1. The first-order valence-electron chi connectivity index (χ1n) is 13.8. The molecule has 1 fully saturated rings. The Morgan fingerprint density at radius 2 is 1.56 bits per heavy atom. The number of nitrogens with one attached hydrogen (secondary N) is 1. The molecule has 1 N–H and O–H groups in total. The largest absolute Gasteiger partial charge is 0.306 e. The van der Waals surface area contributed by atoms with E-state index in [9.17, 15) is 0 Å². The highest BCUT2D eigenvalue weighted by atomic mass is 32.1. The summed E-state index contributed by atoms with van der Waals surface area (Å²) in [4.78, 5) is 5.03. The highest BCUT2D eigenvalue weighted by molar-refractivity contribution is 7.80. The molecular weight excluding hydrogens is 410 g/mol. The Kier molecular flexibility index (Phi) is 21.2. The van der Waals surface area contributed by atoms with Gasteiger partial charge in [0.1, 0.15) is 0 Å². The maximum atomic E-state index is 5.99. The summed E-state index contributed by atoms with van der Waals surface area (Å²) in [5.74, 6) is 5.00. The molecule has 3 atom stereocenters. The predicted octanol–water partition coefficient (Wildman–Crippen LogP) is 6.83. The molecule has 1 aliphatic rings. The van der Waals surface area contributed by atoms with Crippen LogP contribution in [0.3, 0.4) is 0 Å². The van der Waals surface area contributed by atoms with Gasteiger partial charge in [-0.25, -0.2) is 0 Å². The summed E-state index contributed by atoms with van der Waals surface area (Å²) in [6, 6.07) is 0.728. The van der Waals surface area contributed by atoms with Gasteiger partial charge in [-0.1, -0.05) is 78.6 Å². The van der Waals surface area contributed by atoms with E-state index >= 15 is 0 Å². The molecule has 0 aliphatic carbocycles. The Labute approximate surface area is 208 Å². The second-order valence-corrected chi connectivity index (χ2v) is 9.91. The van der Waals surface area contributed by atoms with E-state index in [0.29, 0.717) is 12.2 Å². The van der Waals surface area contributed by atoms with Crippen molar-refractivity contribution in [2.45, 2.75) is 130 Å². The standard InChI is InChI=1S/C26H51N3S.C2H6/c1-6-15-24(16-7-2)18-21-29-23(4)27-25(26(29)8-3)17-11-9-10-12-19-28(5)20-13-14-22-30;1-2/h3,23-27,30H,6-7,9-22H2,1-2,4-5H3;1-2H3.